The fraction of sp³-hybridized carbons (Fsp3) is 0.190. The summed E-state index contributed by atoms with van der Waals surface area (Å²) >= 11 is 0. The lowest BCUT2D eigenvalue weighted by atomic mass is 9.98. The van der Waals surface area contributed by atoms with E-state index in [2.05, 4.69) is 34.4 Å². The highest BCUT2D eigenvalue weighted by Gasteiger charge is 2.15. The monoisotopic (exact) mass is 382 g/mol. The van der Waals surface area contributed by atoms with Gasteiger partial charge in [-0.05, 0) is 36.1 Å². The Labute approximate surface area is 161 Å². The first-order valence-electron chi connectivity index (χ1n) is 8.80. The summed E-state index contributed by atoms with van der Waals surface area (Å²) in [5.74, 6) is -1.69. The fourth-order valence-electron chi connectivity index (χ4n) is 2.78. The van der Waals surface area contributed by atoms with Crippen molar-refractivity contribution in [3.05, 3.63) is 77.2 Å². The van der Waals surface area contributed by atoms with Gasteiger partial charge in [0.15, 0.2) is 0 Å². The molecule has 0 radical (unpaired) electrons. The number of rotatable bonds is 5. The average molecular weight is 382 g/mol. The van der Waals surface area contributed by atoms with Crippen LogP contribution in [0.1, 0.15) is 41.4 Å². The van der Waals surface area contributed by atoms with Crippen molar-refractivity contribution in [1.29, 1.82) is 0 Å². The number of nitrogens with one attached hydrogen (secondary N) is 2. The molecule has 1 heterocycles. The lowest BCUT2D eigenvalue weighted by molar-refractivity contribution is 0.102. The van der Waals surface area contributed by atoms with Crippen LogP contribution in [-0.2, 0) is 0 Å². The van der Waals surface area contributed by atoms with Gasteiger partial charge in [-0.2, -0.15) is 0 Å². The summed E-state index contributed by atoms with van der Waals surface area (Å²) in [6.45, 7) is 6.19. The molecule has 0 spiro atoms. The van der Waals surface area contributed by atoms with Crippen LogP contribution in [0.25, 0.3) is 0 Å². The van der Waals surface area contributed by atoms with Gasteiger partial charge in [0.25, 0.3) is 5.91 Å². The fourth-order valence-corrected chi connectivity index (χ4v) is 2.78. The summed E-state index contributed by atoms with van der Waals surface area (Å²) in [4.78, 5) is 20.5. The van der Waals surface area contributed by atoms with E-state index in [0.29, 0.717) is 11.7 Å². The van der Waals surface area contributed by atoms with Crippen LogP contribution < -0.4 is 10.6 Å². The van der Waals surface area contributed by atoms with E-state index in [1.54, 1.807) is 0 Å². The molecule has 144 valence electrons. The molecule has 0 bridgehead atoms. The molecule has 1 amide bonds. The number of anilines is 3. The van der Waals surface area contributed by atoms with Crippen LogP contribution >= 0.6 is 0 Å². The zero-order valence-electron chi connectivity index (χ0n) is 15.8. The van der Waals surface area contributed by atoms with E-state index < -0.39 is 23.2 Å². The predicted molar refractivity (Wildman–Crippen MR) is 105 cm³/mol. The lowest BCUT2D eigenvalue weighted by Gasteiger charge is -2.16. The lowest BCUT2D eigenvalue weighted by Crippen LogP contribution is -2.16. The van der Waals surface area contributed by atoms with Gasteiger partial charge in [0, 0.05) is 5.69 Å². The van der Waals surface area contributed by atoms with Crippen LogP contribution in [0.3, 0.4) is 0 Å². The molecule has 0 aliphatic rings. The van der Waals surface area contributed by atoms with Gasteiger partial charge >= 0.3 is 0 Å². The molecule has 0 fully saturated rings. The molecule has 0 saturated carbocycles. The molecule has 0 atom stereocenters. The number of amides is 1. The van der Waals surface area contributed by atoms with Crippen LogP contribution in [-0.4, -0.2) is 15.9 Å². The van der Waals surface area contributed by atoms with Crippen molar-refractivity contribution in [3.63, 3.8) is 0 Å². The summed E-state index contributed by atoms with van der Waals surface area (Å²) in [6.07, 6.45) is 2.66. The number of para-hydroxylation sites is 2. The standard InChI is InChI=1S/C21H20F2N4O/c1-12(2)14-7-4-6-13(3)19(14)26-18-11-24-17(10-25-18)21(28)27-20-15(22)8-5-9-16(20)23/h4-12H,1-3H3,(H,25,26)(H,27,28). The number of carbonyl (C=O) groups excluding carboxylic acids is 1. The Balaban J connectivity index is 1.78. The van der Waals surface area contributed by atoms with E-state index in [-0.39, 0.29) is 5.69 Å². The molecule has 7 heteroatoms. The average Bonchev–Trinajstić information content (AvgIpc) is 2.66. The molecule has 0 aliphatic carbocycles. The SMILES string of the molecule is Cc1cccc(C(C)C)c1Nc1cnc(C(=O)Nc2c(F)cccc2F)cn1. The third kappa shape index (κ3) is 4.14. The van der Waals surface area contributed by atoms with E-state index in [1.807, 2.05) is 25.1 Å². The van der Waals surface area contributed by atoms with Gasteiger partial charge in [-0.1, -0.05) is 38.1 Å². The number of hydrogen-bond donors (Lipinski definition) is 2. The van der Waals surface area contributed by atoms with Crippen LogP contribution in [0.15, 0.2) is 48.8 Å². The molecule has 0 saturated heterocycles. The normalized spacial score (nSPS) is 10.8. The van der Waals surface area contributed by atoms with E-state index in [0.717, 1.165) is 28.9 Å². The molecule has 3 aromatic rings. The van der Waals surface area contributed by atoms with Crippen LogP contribution in [0.4, 0.5) is 26.0 Å². The first-order chi connectivity index (χ1) is 13.4. The van der Waals surface area contributed by atoms with Crippen molar-refractivity contribution >= 4 is 23.1 Å². The van der Waals surface area contributed by atoms with Gasteiger partial charge in [-0.3, -0.25) is 4.79 Å². The second-order valence-electron chi connectivity index (χ2n) is 6.66. The second kappa shape index (κ2) is 8.12. The minimum Gasteiger partial charge on any atom is -0.338 e. The molecule has 3 rings (SSSR count). The Kier molecular flexibility index (Phi) is 5.63. The number of halogens is 2. The molecule has 28 heavy (non-hydrogen) atoms. The largest absolute Gasteiger partial charge is 0.338 e. The Morgan fingerprint density at radius 2 is 1.64 bits per heavy atom. The van der Waals surface area contributed by atoms with Crippen LogP contribution in [0.2, 0.25) is 0 Å². The summed E-state index contributed by atoms with van der Waals surface area (Å²) < 4.78 is 27.3. The highest BCUT2D eigenvalue weighted by molar-refractivity contribution is 6.02. The van der Waals surface area contributed by atoms with Gasteiger partial charge in [-0.15, -0.1) is 0 Å². The van der Waals surface area contributed by atoms with Gasteiger partial charge < -0.3 is 10.6 Å². The van der Waals surface area contributed by atoms with Gasteiger partial charge in [0.1, 0.15) is 28.8 Å². The van der Waals surface area contributed by atoms with Gasteiger partial charge in [-0.25, -0.2) is 18.7 Å². The molecule has 1 aromatic heterocycles. The number of aromatic nitrogens is 2. The molecule has 2 aromatic carbocycles. The summed E-state index contributed by atoms with van der Waals surface area (Å²) in [5, 5.41) is 5.42. The predicted octanol–water partition coefficient (Wildman–Crippen LogP) is 5.18. The Morgan fingerprint density at radius 1 is 0.964 bits per heavy atom. The Hall–Kier alpha value is -3.35. The third-order valence-corrected chi connectivity index (χ3v) is 4.27. The Morgan fingerprint density at radius 3 is 2.25 bits per heavy atom. The first-order valence-corrected chi connectivity index (χ1v) is 8.80. The van der Waals surface area contributed by atoms with Crippen molar-refractivity contribution in [2.45, 2.75) is 26.7 Å². The maximum Gasteiger partial charge on any atom is 0.276 e. The van der Waals surface area contributed by atoms with Crippen LogP contribution in [0.5, 0.6) is 0 Å². The van der Waals surface area contributed by atoms with Crippen molar-refractivity contribution in [2.75, 3.05) is 10.6 Å². The summed E-state index contributed by atoms with van der Waals surface area (Å²) in [5.41, 5.74) is 2.57. The summed E-state index contributed by atoms with van der Waals surface area (Å²) in [7, 11) is 0. The zero-order chi connectivity index (χ0) is 20.3. The minimum atomic E-state index is -0.861. The van der Waals surface area contributed by atoms with E-state index in [4.69, 9.17) is 0 Å². The van der Waals surface area contributed by atoms with E-state index >= 15 is 0 Å². The highest BCUT2D eigenvalue weighted by atomic mass is 19.1. The van der Waals surface area contributed by atoms with Crippen molar-refractivity contribution in [1.82, 2.24) is 9.97 Å². The maximum absolute atomic E-state index is 13.7. The molecular weight excluding hydrogens is 362 g/mol. The third-order valence-electron chi connectivity index (χ3n) is 4.27. The topological polar surface area (TPSA) is 66.9 Å². The van der Waals surface area contributed by atoms with Crippen molar-refractivity contribution in [2.24, 2.45) is 0 Å². The number of carbonyl (C=O) groups is 1. The Bertz CT molecular complexity index is 984. The van der Waals surface area contributed by atoms with Gasteiger partial charge in [0.05, 0.1) is 12.4 Å². The van der Waals surface area contributed by atoms with Crippen molar-refractivity contribution in [3.8, 4) is 0 Å². The van der Waals surface area contributed by atoms with E-state index in [9.17, 15) is 13.6 Å². The number of benzene rings is 2. The minimum absolute atomic E-state index is 0.0536. The number of nitrogens with zero attached hydrogens (tertiary/aromatic N) is 2. The van der Waals surface area contributed by atoms with Crippen LogP contribution in [0, 0.1) is 18.6 Å². The molecular formula is C21H20F2N4O. The molecule has 0 aliphatic heterocycles. The second-order valence-corrected chi connectivity index (χ2v) is 6.66. The number of aryl methyl sites for hydroxylation is 1. The van der Waals surface area contributed by atoms with Gasteiger partial charge in [0.2, 0.25) is 0 Å². The quantitative estimate of drug-likeness (QED) is 0.638. The zero-order valence-corrected chi connectivity index (χ0v) is 15.8. The molecule has 0 unspecified atom stereocenters. The summed E-state index contributed by atoms with van der Waals surface area (Å²) in [6, 6.07) is 9.37. The molecule has 5 nitrogen and oxygen atoms in total. The smallest absolute Gasteiger partial charge is 0.276 e. The van der Waals surface area contributed by atoms with Crippen molar-refractivity contribution < 1.29 is 13.6 Å². The first kappa shape index (κ1) is 19.4. The molecule has 2 N–H and O–H groups in total. The number of hydrogen-bond acceptors (Lipinski definition) is 4. The maximum atomic E-state index is 13.7. The highest BCUT2D eigenvalue weighted by Crippen LogP contribution is 2.29. The van der Waals surface area contributed by atoms with E-state index in [1.165, 1.54) is 18.5 Å².